The van der Waals surface area contributed by atoms with E-state index in [-0.39, 0.29) is 36.6 Å². The summed E-state index contributed by atoms with van der Waals surface area (Å²) in [5, 5.41) is 6.21. The molecular formula is C12H19Cl2N3O. The summed E-state index contributed by atoms with van der Waals surface area (Å²) in [7, 11) is 0. The van der Waals surface area contributed by atoms with Crippen molar-refractivity contribution in [1.82, 2.24) is 15.6 Å². The fourth-order valence-electron chi connectivity index (χ4n) is 1.91. The predicted octanol–water partition coefficient (Wildman–Crippen LogP) is 1.54. The van der Waals surface area contributed by atoms with Crippen LogP contribution < -0.4 is 10.6 Å². The summed E-state index contributed by atoms with van der Waals surface area (Å²) < 4.78 is 0. The zero-order valence-electron chi connectivity index (χ0n) is 10.1. The number of halogens is 2. The van der Waals surface area contributed by atoms with E-state index in [2.05, 4.69) is 15.6 Å². The highest BCUT2D eigenvalue weighted by atomic mass is 35.5. The highest BCUT2D eigenvalue weighted by molar-refractivity contribution is 5.85. The summed E-state index contributed by atoms with van der Waals surface area (Å²) in [5.41, 5.74) is 1.09. The molecule has 1 aromatic heterocycles. The first kappa shape index (κ1) is 17.2. The first-order valence-electron chi connectivity index (χ1n) is 5.73. The number of hydrogen-bond donors (Lipinski definition) is 2. The Bertz CT molecular complexity index is 342. The lowest BCUT2D eigenvalue weighted by atomic mass is 9.99. The van der Waals surface area contributed by atoms with Crippen LogP contribution in [0.5, 0.6) is 0 Å². The van der Waals surface area contributed by atoms with Gasteiger partial charge in [0.05, 0.1) is 5.92 Å². The molecule has 4 nitrogen and oxygen atoms in total. The van der Waals surface area contributed by atoms with Gasteiger partial charge in [-0.2, -0.15) is 0 Å². The number of aromatic nitrogens is 1. The standard InChI is InChI=1S/C12H17N3O.2ClH/c16-12(11-2-1-5-14-9-11)15-8-10-3-6-13-7-4-10;;/h3-4,6-7,11,14H,1-2,5,8-9H2,(H,15,16);2*1H/t11-;;/m1../s1. The number of amides is 1. The molecule has 0 spiro atoms. The van der Waals surface area contributed by atoms with Crippen molar-refractivity contribution in [1.29, 1.82) is 0 Å². The maximum absolute atomic E-state index is 11.8. The molecule has 0 unspecified atom stereocenters. The molecule has 1 atom stereocenters. The third kappa shape index (κ3) is 5.21. The zero-order chi connectivity index (χ0) is 11.2. The molecule has 0 bridgehead atoms. The van der Waals surface area contributed by atoms with Gasteiger partial charge < -0.3 is 10.6 Å². The van der Waals surface area contributed by atoms with Crippen LogP contribution in [0.15, 0.2) is 24.5 Å². The highest BCUT2D eigenvalue weighted by Crippen LogP contribution is 2.09. The van der Waals surface area contributed by atoms with E-state index in [0.29, 0.717) is 6.54 Å². The number of nitrogens with one attached hydrogen (secondary N) is 2. The fraction of sp³-hybridized carbons (Fsp3) is 0.500. The topological polar surface area (TPSA) is 54.0 Å². The minimum Gasteiger partial charge on any atom is -0.352 e. The Balaban J connectivity index is 0.00000144. The maximum atomic E-state index is 11.8. The van der Waals surface area contributed by atoms with Gasteiger partial charge in [0.25, 0.3) is 0 Å². The molecule has 102 valence electrons. The van der Waals surface area contributed by atoms with Crippen molar-refractivity contribution in [2.75, 3.05) is 13.1 Å². The van der Waals surface area contributed by atoms with E-state index >= 15 is 0 Å². The van der Waals surface area contributed by atoms with Gasteiger partial charge in [-0.25, -0.2) is 0 Å². The van der Waals surface area contributed by atoms with Crippen LogP contribution in [0.4, 0.5) is 0 Å². The summed E-state index contributed by atoms with van der Waals surface area (Å²) in [5.74, 6) is 0.291. The van der Waals surface area contributed by atoms with Crippen molar-refractivity contribution in [3.63, 3.8) is 0 Å². The number of pyridine rings is 1. The molecule has 1 aliphatic rings. The molecule has 0 radical (unpaired) electrons. The summed E-state index contributed by atoms with van der Waals surface area (Å²) >= 11 is 0. The van der Waals surface area contributed by atoms with Crippen LogP contribution in [0.2, 0.25) is 0 Å². The van der Waals surface area contributed by atoms with Gasteiger partial charge in [-0.1, -0.05) is 0 Å². The van der Waals surface area contributed by atoms with E-state index < -0.39 is 0 Å². The molecule has 6 heteroatoms. The normalized spacial score (nSPS) is 18.1. The number of rotatable bonds is 3. The van der Waals surface area contributed by atoms with Gasteiger partial charge in [0.15, 0.2) is 0 Å². The third-order valence-corrected chi connectivity index (χ3v) is 2.88. The van der Waals surface area contributed by atoms with Crippen LogP contribution >= 0.6 is 24.8 Å². The van der Waals surface area contributed by atoms with E-state index in [9.17, 15) is 4.79 Å². The second-order valence-electron chi connectivity index (χ2n) is 4.12. The molecule has 0 saturated carbocycles. The van der Waals surface area contributed by atoms with Gasteiger partial charge >= 0.3 is 0 Å². The third-order valence-electron chi connectivity index (χ3n) is 2.88. The molecule has 18 heavy (non-hydrogen) atoms. The summed E-state index contributed by atoms with van der Waals surface area (Å²) in [6.45, 7) is 2.44. The first-order valence-corrected chi connectivity index (χ1v) is 5.73. The average Bonchev–Trinajstić information content (AvgIpc) is 2.38. The van der Waals surface area contributed by atoms with Crippen molar-refractivity contribution in [3.8, 4) is 0 Å². The fourth-order valence-corrected chi connectivity index (χ4v) is 1.91. The molecule has 0 aliphatic carbocycles. The van der Waals surface area contributed by atoms with E-state index in [1.54, 1.807) is 12.4 Å². The molecule has 1 amide bonds. The Morgan fingerprint density at radius 3 is 2.72 bits per heavy atom. The van der Waals surface area contributed by atoms with Gasteiger partial charge in [0.2, 0.25) is 5.91 Å². The van der Waals surface area contributed by atoms with E-state index in [4.69, 9.17) is 0 Å². The van der Waals surface area contributed by atoms with E-state index in [0.717, 1.165) is 31.5 Å². The quantitative estimate of drug-likeness (QED) is 0.888. The highest BCUT2D eigenvalue weighted by Gasteiger charge is 2.20. The van der Waals surface area contributed by atoms with Crippen molar-refractivity contribution < 1.29 is 4.79 Å². The minimum atomic E-state index is 0. The molecule has 1 fully saturated rings. The number of piperidine rings is 1. The van der Waals surface area contributed by atoms with Crippen LogP contribution in [0, 0.1) is 5.92 Å². The van der Waals surface area contributed by atoms with Crippen LogP contribution in [0.1, 0.15) is 18.4 Å². The van der Waals surface area contributed by atoms with Crippen molar-refractivity contribution in [2.24, 2.45) is 5.92 Å². The van der Waals surface area contributed by atoms with Crippen LogP contribution in [-0.4, -0.2) is 24.0 Å². The first-order chi connectivity index (χ1) is 7.86. The molecule has 2 rings (SSSR count). The van der Waals surface area contributed by atoms with E-state index in [1.165, 1.54) is 0 Å². The Hall–Kier alpha value is -0.840. The van der Waals surface area contributed by atoms with Crippen LogP contribution in [0.25, 0.3) is 0 Å². The van der Waals surface area contributed by atoms with Gasteiger partial charge in [-0.3, -0.25) is 9.78 Å². The molecule has 1 aliphatic heterocycles. The van der Waals surface area contributed by atoms with Crippen LogP contribution in [0.3, 0.4) is 0 Å². The molecule has 0 aromatic carbocycles. The summed E-state index contributed by atoms with van der Waals surface area (Å²) in [4.78, 5) is 15.7. The van der Waals surface area contributed by atoms with E-state index in [1.807, 2.05) is 12.1 Å². The smallest absolute Gasteiger partial charge is 0.224 e. The van der Waals surface area contributed by atoms with Crippen molar-refractivity contribution >= 4 is 30.7 Å². The lowest BCUT2D eigenvalue weighted by molar-refractivity contribution is -0.125. The van der Waals surface area contributed by atoms with Gasteiger partial charge in [-0.05, 0) is 37.1 Å². The number of carbonyl (C=O) groups excluding carboxylic acids is 1. The largest absolute Gasteiger partial charge is 0.352 e. The molecular weight excluding hydrogens is 273 g/mol. The monoisotopic (exact) mass is 291 g/mol. The predicted molar refractivity (Wildman–Crippen MR) is 76.2 cm³/mol. The number of nitrogens with zero attached hydrogens (tertiary/aromatic N) is 1. The van der Waals surface area contributed by atoms with Crippen molar-refractivity contribution in [2.45, 2.75) is 19.4 Å². The average molecular weight is 292 g/mol. The van der Waals surface area contributed by atoms with Gasteiger partial charge in [-0.15, -0.1) is 24.8 Å². The Morgan fingerprint density at radius 1 is 1.39 bits per heavy atom. The number of carbonyl (C=O) groups is 1. The molecule has 1 aromatic rings. The van der Waals surface area contributed by atoms with Gasteiger partial charge in [0.1, 0.15) is 0 Å². The SMILES string of the molecule is Cl.Cl.O=C(NCc1ccncc1)[C@@H]1CCCNC1. The lowest BCUT2D eigenvalue weighted by Gasteiger charge is -2.21. The Morgan fingerprint density at radius 2 is 2.11 bits per heavy atom. The summed E-state index contributed by atoms with van der Waals surface area (Å²) in [6, 6.07) is 3.83. The number of hydrogen-bond acceptors (Lipinski definition) is 3. The second kappa shape index (κ2) is 9.14. The maximum Gasteiger partial charge on any atom is 0.224 e. The van der Waals surface area contributed by atoms with Crippen LogP contribution in [-0.2, 0) is 11.3 Å². The second-order valence-corrected chi connectivity index (χ2v) is 4.12. The minimum absolute atomic E-state index is 0. The molecule has 1 saturated heterocycles. The molecule has 2 N–H and O–H groups in total. The zero-order valence-corrected chi connectivity index (χ0v) is 11.7. The Kier molecular flexibility index (Phi) is 8.71. The lowest BCUT2D eigenvalue weighted by Crippen LogP contribution is -2.40. The Labute approximate surface area is 120 Å². The molecule has 2 heterocycles. The summed E-state index contributed by atoms with van der Waals surface area (Å²) in [6.07, 6.45) is 5.57. The van der Waals surface area contributed by atoms with Gasteiger partial charge in [0, 0.05) is 25.5 Å². The van der Waals surface area contributed by atoms with Crippen molar-refractivity contribution in [3.05, 3.63) is 30.1 Å².